The first kappa shape index (κ1) is 14.3. The van der Waals surface area contributed by atoms with Gasteiger partial charge in [0.25, 0.3) is 5.91 Å². The predicted octanol–water partition coefficient (Wildman–Crippen LogP) is 1.26. The number of likely N-dealkylation sites (tertiary alicyclic amines) is 1. The van der Waals surface area contributed by atoms with Gasteiger partial charge in [0.2, 0.25) is 5.91 Å². The van der Waals surface area contributed by atoms with E-state index >= 15 is 0 Å². The van der Waals surface area contributed by atoms with Crippen LogP contribution in [0.5, 0.6) is 0 Å². The van der Waals surface area contributed by atoms with Gasteiger partial charge in [0.1, 0.15) is 10.8 Å². The summed E-state index contributed by atoms with van der Waals surface area (Å²) in [7, 11) is 0. The molecule has 2 aliphatic rings. The van der Waals surface area contributed by atoms with Crippen molar-refractivity contribution >= 4 is 23.4 Å². The summed E-state index contributed by atoms with van der Waals surface area (Å²) >= 11 is 5.64. The zero-order chi connectivity index (χ0) is 14.8. The summed E-state index contributed by atoms with van der Waals surface area (Å²) in [6.07, 6.45) is 6.35. The van der Waals surface area contributed by atoms with E-state index in [0.29, 0.717) is 13.1 Å². The minimum Gasteiger partial charge on any atom is -0.348 e. The number of nitrogens with one attached hydrogen (secondary N) is 1. The molecule has 0 atom stereocenters. The van der Waals surface area contributed by atoms with Crippen molar-refractivity contribution < 1.29 is 9.59 Å². The summed E-state index contributed by atoms with van der Waals surface area (Å²) in [5.74, 6) is 0.301. The van der Waals surface area contributed by atoms with Crippen LogP contribution in [0.1, 0.15) is 36.2 Å². The molecule has 1 aliphatic carbocycles. The van der Waals surface area contributed by atoms with Crippen molar-refractivity contribution in [3.8, 4) is 0 Å². The number of rotatable bonds is 3. The Balaban J connectivity index is 1.49. The maximum atomic E-state index is 12.0. The molecule has 3 rings (SSSR count). The summed E-state index contributed by atoms with van der Waals surface area (Å²) < 4.78 is 0. The molecule has 0 unspecified atom stereocenters. The largest absolute Gasteiger partial charge is 0.348 e. The van der Waals surface area contributed by atoms with Crippen LogP contribution < -0.4 is 5.32 Å². The van der Waals surface area contributed by atoms with Gasteiger partial charge in [0.05, 0.1) is 12.4 Å². The Morgan fingerprint density at radius 2 is 1.86 bits per heavy atom. The smallest absolute Gasteiger partial charge is 0.271 e. The lowest BCUT2D eigenvalue weighted by atomic mass is 10.0. The van der Waals surface area contributed by atoms with Gasteiger partial charge in [-0.3, -0.25) is 9.59 Å². The van der Waals surface area contributed by atoms with Crippen LogP contribution in [0.4, 0.5) is 0 Å². The Bertz CT molecular complexity index is 536. The lowest BCUT2D eigenvalue weighted by Crippen LogP contribution is -2.47. The molecular formula is C14H17ClN4O2. The maximum absolute atomic E-state index is 12.0. The average Bonchev–Trinajstić information content (AvgIpc) is 3.32. The van der Waals surface area contributed by atoms with Crippen molar-refractivity contribution in [3.05, 3.63) is 23.2 Å². The number of carbonyl (C=O) groups excluding carboxylic acids is 2. The number of hydrogen-bond acceptors (Lipinski definition) is 4. The van der Waals surface area contributed by atoms with E-state index in [1.807, 2.05) is 4.90 Å². The number of carbonyl (C=O) groups is 2. The summed E-state index contributed by atoms with van der Waals surface area (Å²) in [4.78, 5) is 33.7. The van der Waals surface area contributed by atoms with Crippen molar-refractivity contribution in [2.24, 2.45) is 5.92 Å². The molecule has 0 radical (unpaired) electrons. The lowest BCUT2D eigenvalue weighted by molar-refractivity contribution is -0.133. The van der Waals surface area contributed by atoms with Gasteiger partial charge in [-0.05, 0) is 25.7 Å². The van der Waals surface area contributed by atoms with Crippen molar-refractivity contribution in [2.75, 3.05) is 13.1 Å². The van der Waals surface area contributed by atoms with Crippen molar-refractivity contribution in [1.82, 2.24) is 20.2 Å². The summed E-state index contributed by atoms with van der Waals surface area (Å²) in [5, 5.41) is 3.20. The SMILES string of the molecule is O=C(NC1CCN(C(=O)C2CC2)CC1)c1cnc(Cl)cn1. The Labute approximate surface area is 127 Å². The van der Waals surface area contributed by atoms with Crippen molar-refractivity contribution in [1.29, 1.82) is 0 Å². The van der Waals surface area contributed by atoms with Gasteiger partial charge in [-0.2, -0.15) is 0 Å². The fourth-order valence-corrected chi connectivity index (χ4v) is 2.62. The van der Waals surface area contributed by atoms with Crippen LogP contribution in [-0.2, 0) is 4.79 Å². The molecule has 1 aliphatic heterocycles. The minimum atomic E-state index is -0.244. The molecule has 0 spiro atoms. The number of piperidine rings is 1. The number of nitrogens with zero attached hydrogens (tertiary/aromatic N) is 3. The zero-order valence-electron chi connectivity index (χ0n) is 11.6. The molecule has 1 saturated heterocycles. The third kappa shape index (κ3) is 3.50. The monoisotopic (exact) mass is 308 g/mol. The maximum Gasteiger partial charge on any atom is 0.271 e. The fraction of sp³-hybridized carbons (Fsp3) is 0.571. The molecule has 2 heterocycles. The molecular weight excluding hydrogens is 292 g/mol. The average molecular weight is 309 g/mol. The molecule has 1 saturated carbocycles. The Hall–Kier alpha value is -1.69. The number of aromatic nitrogens is 2. The Morgan fingerprint density at radius 1 is 1.14 bits per heavy atom. The van der Waals surface area contributed by atoms with E-state index in [0.717, 1.165) is 25.7 Å². The quantitative estimate of drug-likeness (QED) is 0.912. The van der Waals surface area contributed by atoms with E-state index in [4.69, 9.17) is 11.6 Å². The zero-order valence-corrected chi connectivity index (χ0v) is 12.3. The summed E-state index contributed by atoms with van der Waals surface area (Å²) in [6.45, 7) is 1.43. The third-order valence-electron chi connectivity index (χ3n) is 3.92. The van der Waals surface area contributed by atoms with Crippen LogP contribution in [-0.4, -0.2) is 45.8 Å². The molecule has 2 amide bonds. The minimum absolute atomic E-state index is 0.0817. The molecule has 112 valence electrons. The van der Waals surface area contributed by atoms with Gasteiger partial charge in [-0.25, -0.2) is 9.97 Å². The van der Waals surface area contributed by atoms with E-state index in [1.54, 1.807) is 0 Å². The van der Waals surface area contributed by atoms with Crippen LogP contribution >= 0.6 is 11.6 Å². The predicted molar refractivity (Wildman–Crippen MR) is 76.8 cm³/mol. The van der Waals surface area contributed by atoms with Gasteiger partial charge in [0, 0.05) is 25.0 Å². The van der Waals surface area contributed by atoms with E-state index in [-0.39, 0.29) is 34.6 Å². The van der Waals surface area contributed by atoms with E-state index in [2.05, 4.69) is 15.3 Å². The Kier molecular flexibility index (Phi) is 4.05. The second kappa shape index (κ2) is 5.97. The van der Waals surface area contributed by atoms with Crippen molar-refractivity contribution in [2.45, 2.75) is 31.7 Å². The van der Waals surface area contributed by atoms with Crippen LogP contribution in [0.15, 0.2) is 12.4 Å². The van der Waals surface area contributed by atoms with Crippen LogP contribution in [0.3, 0.4) is 0 Å². The molecule has 2 fully saturated rings. The number of halogens is 1. The number of hydrogen-bond donors (Lipinski definition) is 1. The third-order valence-corrected chi connectivity index (χ3v) is 4.12. The molecule has 0 bridgehead atoms. The van der Waals surface area contributed by atoms with Crippen LogP contribution in [0.2, 0.25) is 5.15 Å². The highest BCUT2D eigenvalue weighted by Gasteiger charge is 2.35. The van der Waals surface area contributed by atoms with Crippen molar-refractivity contribution in [3.63, 3.8) is 0 Å². The highest BCUT2D eigenvalue weighted by Crippen LogP contribution is 2.31. The van der Waals surface area contributed by atoms with Gasteiger partial charge in [-0.15, -0.1) is 0 Å². The van der Waals surface area contributed by atoms with E-state index in [9.17, 15) is 9.59 Å². The second-order valence-corrected chi connectivity index (χ2v) is 5.96. The first-order chi connectivity index (χ1) is 10.1. The topological polar surface area (TPSA) is 75.2 Å². The second-order valence-electron chi connectivity index (χ2n) is 5.57. The van der Waals surface area contributed by atoms with Crippen LogP contribution in [0, 0.1) is 5.92 Å². The molecule has 1 N–H and O–H groups in total. The molecule has 1 aromatic heterocycles. The summed E-state index contributed by atoms with van der Waals surface area (Å²) in [5.41, 5.74) is 0.260. The Morgan fingerprint density at radius 3 is 2.43 bits per heavy atom. The fourth-order valence-electron chi connectivity index (χ4n) is 2.52. The van der Waals surface area contributed by atoms with Gasteiger partial charge < -0.3 is 10.2 Å². The highest BCUT2D eigenvalue weighted by molar-refractivity contribution is 6.29. The van der Waals surface area contributed by atoms with Gasteiger partial charge in [0.15, 0.2) is 0 Å². The molecule has 0 aromatic carbocycles. The number of amides is 2. The normalized spacial score (nSPS) is 19.4. The van der Waals surface area contributed by atoms with E-state index < -0.39 is 0 Å². The highest BCUT2D eigenvalue weighted by atomic mass is 35.5. The van der Waals surface area contributed by atoms with E-state index in [1.165, 1.54) is 12.4 Å². The summed E-state index contributed by atoms with van der Waals surface area (Å²) in [6, 6.07) is 0.0817. The molecule has 1 aromatic rings. The van der Waals surface area contributed by atoms with Gasteiger partial charge >= 0.3 is 0 Å². The molecule has 7 heteroatoms. The van der Waals surface area contributed by atoms with Crippen LogP contribution in [0.25, 0.3) is 0 Å². The van der Waals surface area contributed by atoms with Gasteiger partial charge in [-0.1, -0.05) is 11.6 Å². The first-order valence-corrected chi connectivity index (χ1v) is 7.58. The first-order valence-electron chi connectivity index (χ1n) is 7.20. The molecule has 21 heavy (non-hydrogen) atoms. The standard InChI is InChI=1S/C14H17ClN4O2/c15-12-8-16-11(7-17-12)13(20)18-10-3-5-19(6-4-10)14(21)9-1-2-9/h7-10H,1-6H2,(H,18,20). The lowest BCUT2D eigenvalue weighted by Gasteiger charge is -2.32. The molecule has 6 nitrogen and oxygen atoms in total.